The van der Waals surface area contributed by atoms with Crippen LogP contribution in [-0.2, 0) is 11.2 Å². The van der Waals surface area contributed by atoms with Crippen molar-refractivity contribution in [2.24, 2.45) is 5.92 Å². The zero-order valence-corrected chi connectivity index (χ0v) is 16.7. The topological polar surface area (TPSA) is 84.2 Å². The summed E-state index contributed by atoms with van der Waals surface area (Å²) in [6.07, 6.45) is 6.83. The first-order valence-corrected chi connectivity index (χ1v) is 10.1. The number of carboxylic acid groups (broad SMARTS) is 1. The normalized spacial score (nSPS) is 14.8. The quantitative estimate of drug-likeness (QED) is 0.761. The molecule has 6 nitrogen and oxygen atoms in total. The molecule has 2 aromatic rings. The van der Waals surface area contributed by atoms with Gasteiger partial charge in [-0.2, -0.15) is 5.10 Å². The Kier molecular flexibility index (Phi) is 6.49. The third-order valence-electron chi connectivity index (χ3n) is 5.68. The Balaban J connectivity index is 1.66. The Morgan fingerprint density at radius 1 is 1.14 bits per heavy atom. The van der Waals surface area contributed by atoms with E-state index in [1.54, 1.807) is 0 Å². The summed E-state index contributed by atoms with van der Waals surface area (Å²) in [6.45, 7) is 4.60. The molecule has 28 heavy (non-hydrogen) atoms. The van der Waals surface area contributed by atoms with Crippen molar-refractivity contribution >= 4 is 11.9 Å². The maximum atomic E-state index is 12.4. The Morgan fingerprint density at radius 2 is 1.82 bits per heavy atom. The third kappa shape index (κ3) is 4.80. The van der Waals surface area contributed by atoms with E-state index in [4.69, 9.17) is 5.11 Å². The van der Waals surface area contributed by atoms with E-state index in [1.807, 2.05) is 42.8 Å². The van der Waals surface area contributed by atoms with Crippen LogP contribution in [0.4, 0.5) is 0 Å². The predicted octanol–water partition coefficient (Wildman–Crippen LogP) is 3.82. The first-order chi connectivity index (χ1) is 13.5. The van der Waals surface area contributed by atoms with E-state index in [0.717, 1.165) is 29.2 Å². The van der Waals surface area contributed by atoms with Gasteiger partial charge in [-0.05, 0) is 68.9 Å². The maximum absolute atomic E-state index is 12.4. The van der Waals surface area contributed by atoms with Crippen LogP contribution in [0, 0.1) is 19.8 Å². The molecule has 1 aliphatic rings. The molecule has 150 valence electrons. The van der Waals surface area contributed by atoms with Gasteiger partial charge in [0.05, 0.1) is 11.4 Å². The minimum Gasteiger partial charge on any atom is -0.481 e. The molecule has 1 aromatic heterocycles. The molecule has 0 radical (unpaired) electrons. The number of benzene rings is 1. The monoisotopic (exact) mass is 383 g/mol. The van der Waals surface area contributed by atoms with Gasteiger partial charge < -0.3 is 10.4 Å². The second kappa shape index (κ2) is 9.04. The lowest BCUT2D eigenvalue weighted by molar-refractivity contribution is -0.136. The lowest BCUT2D eigenvalue weighted by Crippen LogP contribution is -2.30. The summed E-state index contributed by atoms with van der Waals surface area (Å²) in [5.41, 5.74) is 4.26. The van der Waals surface area contributed by atoms with Gasteiger partial charge in [0.2, 0.25) is 0 Å². The van der Waals surface area contributed by atoms with Gasteiger partial charge >= 0.3 is 5.97 Å². The number of aromatic nitrogens is 2. The number of hydrogen-bond acceptors (Lipinski definition) is 3. The smallest absolute Gasteiger partial charge is 0.303 e. The Hall–Kier alpha value is -2.63. The molecule has 1 heterocycles. The SMILES string of the molecule is Cc1nn(-c2ccc(C(=O)NCC3CCCCC3)cc2)c(C)c1CCC(=O)O. The van der Waals surface area contributed by atoms with E-state index < -0.39 is 5.97 Å². The Morgan fingerprint density at radius 3 is 2.46 bits per heavy atom. The molecular formula is C22H29N3O3. The van der Waals surface area contributed by atoms with Gasteiger partial charge in [0.15, 0.2) is 0 Å². The fraction of sp³-hybridized carbons (Fsp3) is 0.500. The van der Waals surface area contributed by atoms with E-state index in [9.17, 15) is 9.59 Å². The number of nitrogens with zero attached hydrogens (tertiary/aromatic N) is 2. The molecule has 0 spiro atoms. The van der Waals surface area contributed by atoms with E-state index in [-0.39, 0.29) is 12.3 Å². The molecule has 0 aliphatic heterocycles. The van der Waals surface area contributed by atoms with Gasteiger partial charge in [-0.25, -0.2) is 4.68 Å². The highest BCUT2D eigenvalue weighted by Gasteiger charge is 2.16. The van der Waals surface area contributed by atoms with Crippen molar-refractivity contribution in [3.8, 4) is 5.69 Å². The van der Waals surface area contributed by atoms with Gasteiger partial charge in [0.1, 0.15) is 0 Å². The zero-order chi connectivity index (χ0) is 20.1. The van der Waals surface area contributed by atoms with Gasteiger partial charge in [0, 0.05) is 24.2 Å². The molecule has 1 amide bonds. The van der Waals surface area contributed by atoms with Crippen LogP contribution in [0.3, 0.4) is 0 Å². The maximum Gasteiger partial charge on any atom is 0.303 e. The van der Waals surface area contributed by atoms with Crippen LogP contribution < -0.4 is 5.32 Å². The first kappa shape index (κ1) is 20.1. The summed E-state index contributed by atoms with van der Waals surface area (Å²) in [5, 5.41) is 16.5. The van der Waals surface area contributed by atoms with E-state index in [0.29, 0.717) is 17.9 Å². The van der Waals surface area contributed by atoms with Crippen molar-refractivity contribution in [3.05, 3.63) is 46.8 Å². The van der Waals surface area contributed by atoms with Gasteiger partial charge in [-0.3, -0.25) is 9.59 Å². The first-order valence-electron chi connectivity index (χ1n) is 10.1. The van der Waals surface area contributed by atoms with Crippen molar-refractivity contribution in [3.63, 3.8) is 0 Å². The number of amides is 1. The van der Waals surface area contributed by atoms with Crippen LogP contribution >= 0.6 is 0 Å². The van der Waals surface area contributed by atoms with Gasteiger partial charge in [0.25, 0.3) is 5.91 Å². The lowest BCUT2D eigenvalue weighted by Gasteiger charge is -2.21. The number of carbonyl (C=O) groups excluding carboxylic acids is 1. The highest BCUT2D eigenvalue weighted by molar-refractivity contribution is 5.94. The van der Waals surface area contributed by atoms with Crippen LogP contribution in [0.15, 0.2) is 24.3 Å². The number of aliphatic carboxylic acids is 1. The number of rotatable bonds is 7. The number of carboxylic acids is 1. The summed E-state index contributed by atoms with van der Waals surface area (Å²) in [7, 11) is 0. The fourth-order valence-corrected chi connectivity index (χ4v) is 4.00. The molecular weight excluding hydrogens is 354 g/mol. The van der Waals surface area contributed by atoms with Gasteiger partial charge in [-0.15, -0.1) is 0 Å². The molecule has 0 saturated heterocycles. The van der Waals surface area contributed by atoms with Crippen molar-refractivity contribution in [1.82, 2.24) is 15.1 Å². The fourth-order valence-electron chi connectivity index (χ4n) is 4.00. The van der Waals surface area contributed by atoms with Crippen LogP contribution in [0.2, 0.25) is 0 Å². The average molecular weight is 383 g/mol. The summed E-state index contributed by atoms with van der Waals surface area (Å²) in [6, 6.07) is 7.41. The van der Waals surface area contributed by atoms with E-state index in [2.05, 4.69) is 10.4 Å². The summed E-state index contributed by atoms with van der Waals surface area (Å²) in [5.74, 6) is -0.237. The molecule has 1 aromatic carbocycles. The average Bonchev–Trinajstić information content (AvgIpc) is 2.99. The standard InChI is InChI=1S/C22H29N3O3/c1-15-20(12-13-21(26)27)16(2)25(24-15)19-10-8-18(9-11-19)22(28)23-14-17-6-4-3-5-7-17/h8-11,17H,3-7,12-14H2,1-2H3,(H,23,28)(H,26,27). The second-order valence-electron chi connectivity index (χ2n) is 7.72. The lowest BCUT2D eigenvalue weighted by atomic mass is 9.89. The molecule has 1 aliphatic carbocycles. The highest BCUT2D eigenvalue weighted by Crippen LogP contribution is 2.23. The second-order valence-corrected chi connectivity index (χ2v) is 7.72. The number of aryl methyl sites for hydroxylation is 1. The molecule has 3 rings (SSSR count). The van der Waals surface area contributed by atoms with Gasteiger partial charge in [-0.1, -0.05) is 19.3 Å². The van der Waals surface area contributed by atoms with Crippen molar-refractivity contribution in [2.45, 2.75) is 58.8 Å². The van der Waals surface area contributed by atoms with Crippen LogP contribution in [-0.4, -0.2) is 33.3 Å². The number of carbonyl (C=O) groups is 2. The van der Waals surface area contributed by atoms with Crippen molar-refractivity contribution < 1.29 is 14.7 Å². The summed E-state index contributed by atoms with van der Waals surface area (Å²) >= 11 is 0. The van der Waals surface area contributed by atoms with Crippen LogP contribution in [0.1, 0.15) is 65.8 Å². The van der Waals surface area contributed by atoms with Crippen LogP contribution in [0.5, 0.6) is 0 Å². The van der Waals surface area contributed by atoms with Crippen LogP contribution in [0.25, 0.3) is 5.69 Å². The summed E-state index contributed by atoms with van der Waals surface area (Å²) < 4.78 is 1.82. The largest absolute Gasteiger partial charge is 0.481 e. The van der Waals surface area contributed by atoms with E-state index in [1.165, 1.54) is 32.1 Å². The molecule has 0 bridgehead atoms. The third-order valence-corrected chi connectivity index (χ3v) is 5.68. The molecule has 2 N–H and O–H groups in total. The minimum atomic E-state index is -0.810. The molecule has 1 saturated carbocycles. The minimum absolute atomic E-state index is 0.0346. The van der Waals surface area contributed by atoms with Crippen molar-refractivity contribution in [1.29, 1.82) is 0 Å². The molecule has 0 atom stereocenters. The Labute approximate surface area is 166 Å². The van der Waals surface area contributed by atoms with Crippen molar-refractivity contribution in [2.75, 3.05) is 6.54 Å². The number of hydrogen-bond donors (Lipinski definition) is 2. The number of nitrogens with one attached hydrogen (secondary N) is 1. The molecule has 1 fully saturated rings. The molecule has 0 unspecified atom stereocenters. The molecule has 6 heteroatoms. The Bertz CT molecular complexity index is 833. The summed E-state index contributed by atoms with van der Waals surface area (Å²) in [4.78, 5) is 23.3. The highest BCUT2D eigenvalue weighted by atomic mass is 16.4. The van der Waals surface area contributed by atoms with E-state index >= 15 is 0 Å². The predicted molar refractivity (Wildman–Crippen MR) is 108 cm³/mol. The zero-order valence-electron chi connectivity index (χ0n) is 16.7.